The summed E-state index contributed by atoms with van der Waals surface area (Å²) in [7, 11) is 0. The van der Waals surface area contributed by atoms with Crippen LogP contribution in [0.25, 0.3) is 0 Å². The van der Waals surface area contributed by atoms with Crippen LogP contribution in [-0.4, -0.2) is 21.1 Å². The Labute approximate surface area is 65.2 Å². The summed E-state index contributed by atoms with van der Waals surface area (Å²) in [5, 5.41) is 3.93. The second-order valence-electron chi connectivity index (χ2n) is 2.32. The summed E-state index contributed by atoms with van der Waals surface area (Å²) in [5.74, 6) is 0. The Morgan fingerprint density at radius 2 is 2.36 bits per heavy atom. The van der Waals surface area contributed by atoms with Gasteiger partial charge in [-0.05, 0) is 12.8 Å². The largest absolute Gasteiger partial charge is 0.303 e. The fourth-order valence-corrected chi connectivity index (χ4v) is 0.850. The Hall–Kier alpha value is -1.19. The lowest BCUT2D eigenvalue weighted by Crippen LogP contribution is -1.97. The summed E-state index contributed by atoms with van der Waals surface area (Å²) in [6.45, 7) is 0.855. The summed E-state index contributed by atoms with van der Waals surface area (Å²) in [5.41, 5.74) is 0. The fourth-order valence-electron chi connectivity index (χ4n) is 0.850. The standard InChI is InChI=1S/C7H11N3O/c11-5-3-1-2-4-10-7-8-6-9-10/h5-7H,1-4H2. The minimum atomic E-state index is 0.648. The van der Waals surface area contributed by atoms with Gasteiger partial charge in [0.15, 0.2) is 0 Å². The minimum Gasteiger partial charge on any atom is -0.303 e. The van der Waals surface area contributed by atoms with E-state index in [1.165, 1.54) is 6.33 Å². The van der Waals surface area contributed by atoms with Crippen molar-refractivity contribution in [3.63, 3.8) is 0 Å². The molecule has 1 heterocycles. The highest BCUT2D eigenvalue weighted by atomic mass is 16.1. The maximum Gasteiger partial charge on any atom is 0.137 e. The van der Waals surface area contributed by atoms with E-state index >= 15 is 0 Å². The Morgan fingerprint density at radius 1 is 1.45 bits per heavy atom. The molecule has 1 rings (SSSR count). The van der Waals surface area contributed by atoms with Crippen molar-refractivity contribution in [2.45, 2.75) is 25.8 Å². The minimum absolute atomic E-state index is 0.648. The fraction of sp³-hybridized carbons (Fsp3) is 0.571. The number of nitrogens with zero attached hydrogens (tertiary/aromatic N) is 3. The normalized spacial score (nSPS) is 9.82. The molecule has 0 aromatic carbocycles. The Balaban J connectivity index is 2.09. The predicted molar refractivity (Wildman–Crippen MR) is 39.9 cm³/mol. The van der Waals surface area contributed by atoms with Crippen LogP contribution < -0.4 is 0 Å². The Bertz CT molecular complexity index is 195. The van der Waals surface area contributed by atoms with Gasteiger partial charge in [-0.3, -0.25) is 4.68 Å². The third kappa shape index (κ3) is 2.93. The number of aryl methyl sites for hydroxylation is 1. The lowest BCUT2D eigenvalue weighted by molar-refractivity contribution is -0.107. The first-order valence-corrected chi connectivity index (χ1v) is 3.69. The number of rotatable bonds is 5. The molecule has 0 fully saturated rings. The van der Waals surface area contributed by atoms with Crippen molar-refractivity contribution in [1.29, 1.82) is 0 Å². The van der Waals surface area contributed by atoms with Crippen molar-refractivity contribution < 1.29 is 4.79 Å². The van der Waals surface area contributed by atoms with Gasteiger partial charge in [-0.1, -0.05) is 0 Å². The van der Waals surface area contributed by atoms with Crippen LogP contribution >= 0.6 is 0 Å². The average molecular weight is 153 g/mol. The van der Waals surface area contributed by atoms with E-state index in [9.17, 15) is 4.79 Å². The molecule has 0 spiro atoms. The molecule has 0 radical (unpaired) electrons. The van der Waals surface area contributed by atoms with E-state index in [-0.39, 0.29) is 0 Å². The van der Waals surface area contributed by atoms with Crippen LogP contribution in [0.15, 0.2) is 12.7 Å². The molecule has 4 heteroatoms. The highest BCUT2D eigenvalue weighted by Crippen LogP contribution is 1.94. The summed E-state index contributed by atoms with van der Waals surface area (Å²) in [6, 6.07) is 0. The molecule has 0 amide bonds. The molecule has 0 unspecified atom stereocenters. The van der Waals surface area contributed by atoms with E-state index in [4.69, 9.17) is 0 Å². The molecule has 0 aliphatic rings. The summed E-state index contributed by atoms with van der Waals surface area (Å²) in [4.78, 5) is 13.7. The summed E-state index contributed by atoms with van der Waals surface area (Å²) >= 11 is 0. The molecule has 0 bridgehead atoms. The maximum absolute atomic E-state index is 9.93. The summed E-state index contributed by atoms with van der Waals surface area (Å²) < 4.78 is 1.77. The third-order valence-corrected chi connectivity index (χ3v) is 1.43. The highest BCUT2D eigenvalue weighted by molar-refractivity contribution is 5.48. The van der Waals surface area contributed by atoms with Crippen molar-refractivity contribution in [2.75, 3.05) is 0 Å². The van der Waals surface area contributed by atoms with E-state index in [0.29, 0.717) is 6.42 Å². The predicted octanol–water partition coefficient (Wildman–Crippen LogP) is 0.647. The maximum atomic E-state index is 9.93. The molecule has 0 saturated heterocycles. The van der Waals surface area contributed by atoms with Gasteiger partial charge in [-0.15, -0.1) is 0 Å². The zero-order valence-corrected chi connectivity index (χ0v) is 6.31. The number of carbonyl (C=O) groups is 1. The molecule has 11 heavy (non-hydrogen) atoms. The number of unbranched alkanes of at least 4 members (excludes halogenated alkanes) is 2. The first-order valence-electron chi connectivity index (χ1n) is 3.69. The van der Waals surface area contributed by atoms with Gasteiger partial charge in [0.05, 0.1) is 0 Å². The van der Waals surface area contributed by atoms with Crippen molar-refractivity contribution in [3.05, 3.63) is 12.7 Å². The van der Waals surface area contributed by atoms with Crippen molar-refractivity contribution in [3.8, 4) is 0 Å². The highest BCUT2D eigenvalue weighted by Gasteiger charge is 1.90. The number of aldehydes is 1. The monoisotopic (exact) mass is 153 g/mol. The molecule has 0 aliphatic heterocycles. The molecule has 0 atom stereocenters. The molecule has 60 valence electrons. The first-order chi connectivity index (χ1) is 5.43. The van der Waals surface area contributed by atoms with Gasteiger partial charge < -0.3 is 4.79 Å². The molecular weight excluding hydrogens is 142 g/mol. The SMILES string of the molecule is O=CCCCCn1cncn1. The second-order valence-corrected chi connectivity index (χ2v) is 2.32. The van der Waals surface area contributed by atoms with E-state index in [0.717, 1.165) is 25.7 Å². The van der Waals surface area contributed by atoms with E-state index in [1.54, 1.807) is 11.0 Å². The van der Waals surface area contributed by atoms with Gasteiger partial charge in [0.1, 0.15) is 18.9 Å². The van der Waals surface area contributed by atoms with E-state index in [1.807, 2.05) is 0 Å². The van der Waals surface area contributed by atoms with Crippen LogP contribution in [0, 0.1) is 0 Å². The Morgan fingerprint density at radius 3 is 3.00 bits per heavy atom. The van der Waals surface area contributed by atoms with Gasteiger partial charge >= 0.3 is 0 Å². The molecule has 4 nitrogen and oxygen atoms in total. The van der Waals surface area contributed by atoms with Crippen LogP contribution in [0.2, 0.25) is 0 Å². The third-order valence-electron chi connectivity index (χ3n) is 1.43. The molecule has 1 aromatic rings. The van der Waals surface area contributed by atoms with E-state index in [2.05, 4.69) is 10.1 Å². The van der Waals surface area contributed by atoms with E-state index < -0.39 is 0 Å². The van der Waals surface area contributed by atoms with Gasteiger partial charge in [0, 0.05) is 13.0 Å². The summed E-state index contributed by atoms with van der Waals surface area (Å²) in [6.07, 6.45) is 6.71. The lowest BCUT2D eigenvalue weighted by Gasteiger charge is -1.96. The number of aromatic nitrogens is 3. The number of hydrogen-bond acceptors (Lipinski definition) is 3. The van der Waals surface area contributed by atoms with Crippen LogP contribution in [-0.2, 0) is 11.3 Å². The molecule has 0 saturated carbocycles. The van der Waals surface area contributed by atoms with Gasteiger partial charge in [0.2, 0.25) is 0 Å². The van der Waals surface area contributed by atoms with Crippen LogP contribution in [0.5, 0.6) is 0 Å². The molecular formula is C7H11N3O. The number of hydrogen-bond donors (Lipinski definition) is 0. The van der Waals surface area contributed by atoms with Crippen molar-refractivity contribution in [1.82, 2.24) is 14.8 Å². The second kappa shape index (κ2) is 4.60. The molecule has 0 aliphatic carbocycles. The van der Waals surface area contributed by atoms with Crippen LogP contribution in [0.3, 0.4) is 0 Å². The van der Waals surface area contributed by atoms with Crippen LogP contribution in [0.1, 0.15) is 19.3 Å². The molecule has 0 N–H and O–H groups in total. The number of carbonyl (C=O) groups excluding carboxylic acids is 1. The van der Waals surface area contributed by atoms with Crippen LogP contribution in [0.4, 0.5) is 0 Å². The van der Waals surface area contributed by atoms with Crippen molar-refractivity contribution in [2.24, 2.45) is 0 Å². The molecule has 1 aromatic heterocycles. The smallest absolute Gasteiger partial charge is 0.137 e. The van der Waals surface area contributed by atoms with Crippen molar-refractivity contribution >= 4 is 6.29 Å². The van der Waals surface area contributed by atoms with Gasteiger partial charge in [-0.2, -0.15) is 5.10 Å². The lowest BCUT2D eigenvalue weighted by atomic mass is 10.2. The zero-order valence-electron chi connectivity index (χ0n) is 6.31. The zero-order chi connectivity index (χ0) is 7.94. The first kappa shape index (κ1) is 7.91. The quantitative estimate of drug-likeness (QED) is 0.461. The topological polar surface area (TPSA) is 47.8 Å². The van der Waals surface area contributed by atoms with Gasteiger partial charge in [0.25, 0.3) is 0 Å². The average Bonchev–Trinajstić information content (AvgIpc) is 2.50. The Kier molecular flexibility index (Phi) is 3.31. The van der Waals surface area contributed by atoms with Gasteiger partial charge in [-0.25, -0.2) is 4.98 Å².